The maximum atomic E-state index is 10.1. The molecule has 120 valence electrons. The Morgan fingerprint density at radius 3 is 2.27 bits per heavy atom. The molecule has 1 aliphatic carbocycles. The number of nitrogens with zero attached hydrogens (tertiary/aromatic N) is 1. The summed E-state index contributed by atoms with van der Waals surface area (Å²) in [6.07, 6.45) is 4.63. The number of hydrogen-bond donors (Lipinski definition) is 1. The van der Waals surface area contributed by atoms with Crippen LogP contribution in [0.4, 0.5) is 0 Å². The molecule has 0 heterocycles. The Hall–Kier alpha value is -1.25. The van der Waals surface area contributed by atoms with Crippen LogP contribution in [-0.2, 0) is 12.8 Å². The van der Waals surface area contributed by atoms with Crippen molar-refractivity contribution in [2.75, 3.05) is 13.1 Å². The fourth-order valence-electron chi connectivity index (χ4n) is 3.78. The molecule has 1 atom stereocenters. The lowest BCUT2D eigenvalue weighted by Gasteiger charge is -2.35. The van der Waals surface area contributed by atoms with Crippen molar-refractivity contribution in [2.45, 2.75) is 45.6 Å². The number of hydrogen-bond acceptors (Lipinski definition) is 2. The summed E-state index contributed by atoms with van der Waals surface area (Å²) in [7, 11) is 0. The Balaban J connectivity index is 0.00000176. The second kappa shape index (κ2) is 7.34. The Kier molecular flexibility index (Phi) is 5.71. The Bertz CT molecular complexity index is 622. The highest BCUT2D eigenvalue weighted by molar-refractivity contribution is 5.94. The van der Waals surface area contributed by atoms with E-state index in [0.29, 0.717) is 11.8 Å². The molecule has 0 aliphatic heterocycles. The van der Waals surface area contributed by atoms with Crippen molar-refractivity contribution in [3.8, 4) is 5.75 Å². The number of phenols is 1. The molecule has 0 aromatic heterocycles. The van der Waals surface area contributed by atoms with Crippen LogP contribution in [0.15, 0.2) is 30.3 Å². The van der Waals surface area contributed by atoms with E-state index in [1.807, 2.05) is 12.1 Å². The molecule has 0 radical (unpaired) electrons. The van der Waals surface area contributed by atoms with Gasteiger partial charge in [0.1, 0.15) is 5.75 Å². The molecule has 0 saturated carbocycles. The Morgan fingerprint density at radius 1 is 1.00 bits per heavy atom. The highest BCUT2D eigenvalue weighted by Crippen LogP contribution is 2.35. The topological polar surface area (TPSA) is 23.5 Å². The molecule has 3 rings (SSSR count). The summed E-state index contributed by atoms with van der Waals surface area (Å²) in [5, 5.41) is 12.4. The van der Waals surface area contributed by atoms with Gasteiger partial charge in [-0.1, -0.05) is 38.1 Å². The second-order valence-electron chi connectivity index (χ2n) is 6.18. The SMILES string of the molecule is CCCN(CCC)C1Cc2cccc3c(O)ccc(c23)C1.Cl. The predicted molar refractivity (Wildman–Crippen MR) is 96.2 cm³/mol. The minimum absolute atomic E-state index is 0. The van der Waals surface area contributed by atoms with Crippen LogP contribution in [0.1, 0.15) is 37.8 Å². The van der Waals surface area contributed by atoms with Crippen molar-refractivity contribution in [2.24, 2.45) is 0 Å². The molecule has 2 aromatic carbocycles. The largest absolute Gasteiger partial charge is 0.507 e. The third-order valence-corrected chi connectivity index (χ3v) is 4.64. The molecule has 1 N–H and O–H groups in total. The first-order valence-corrected chi connectivity index (χ1v) is 8.21. The molecular weight excluding hydrogens is 294 g/mol. The van der Waals surface area contributed by atoms with E-state index in [2.05, 4.69) is 36.9 Å². The van der Waals surface area contributed by atoms with Crippen molar-refractivity contribution in [1.29, 1.82) is 0 Å². The molecule has 0 bridgehead atoms. The summed E-state index contributed by atoms with van der Waals surface area (Å²) in [5.41, 5.74) is 2.79. The van der Waals surface area contributed by atoms with E-state index in [4.69, 9.17) is 0 Å². The molecular formula is C19H26ClNO. The van der Waals surface area contributed by atoms with E-state index >= 15 is 0 Å². The molecule has 0 spiro atoms. The smallest absolute Gasteiger partial charge is 0.123 e. The van der Waals surface area contributed by atoms with Crippen LogP contribution in [0.2, 0.25) is 0 Å². The fourth-order valence-corrected chi connectivity index (χ4v) is 3.78. The van der Waals surface area contributed by atoms with Crippen molar-refractivity contribution in [3.05, 3.63) is 41.5 Å². The van der Waals surface area contributed by atoms with Gasteiger partial charge in [-0.25, -0.2) is 0 Å². The van der Waals surface area contributed by atoms with E-state index in [1.54, 1.807) is 0 Å². The van der Waals surface area contributed by atoms with Gasteiger partial charge < -0.3 is 5.11 Å². The van der Waals surface area contributed by atoms with Crippen LogP contribution in [0.3, 0.4) is 0 Å². The van der Waals surface area contributed by atoms with Gasteiger partial charge in [0.15, 0.2) is 0 Å². The zero-order valence-electron chi connectivity index (χ0n) is 13.5. The molecule has 0 fully saturated rings. The average molecular weight is 320 g/mol. The standard InChI is InChI=1S/C19H25NO.ClH/c1-3-10-20(11-4-2)16-12-14-6-5-7-17-18(21)9-8-15(13-16)19(14)17;/h5-9,16,21H,3-4,10-13H2,1-2H3;1H. The summed E-state index contributed by atoms with van der Waals surface area (Å²) in [5.74, 6) is 0.410. The van der Waals surface area contributed by atoms with Gasteiger partial charge >= 0.3 is 0 Å². The Morgan fingerprint density at radius 2 is 1.64 bits per heavy atom. The van der Waals surface area contributed by atoms with Crippen LogP contribution < -0.4 is 0 Å². The molecule has 1 unspecified atom stereocenters. The first-order valence-electron chi connectivity index (χ1n) is 8.21. The molecule has 0 saturated heterocycles. The van der Waals surface area contributed by atoms with Crippen LogP contribution in [0.5, 0.6) is 5.75 Å². The number of rotatable bonds is 5. The van der Waals surface area contributed by atoms with Crippen molar-refractivity contribution in [1.82, 2.24) is 4.90 Å². The van der Waals surface area contributed by atoms with Gasteiger partial charge in [0, 0.05) is 11.4 Å². The second-order valence-corrected chi connectivity index (χ2v) is 6.18. The summed E-state index contributed by atoms with van der Waals surface area (Å²) >= 11 is 0. The van der Waals surface area contributed by atoms with Crippen LogP contribution in [-0.4, -0.2) is 29.1 Å². The maximum absolute atomic E-state index is 10.1. The summed E-state index contributed by atoms with van der Waals surface area (Å²) < 4.78 is 0. The number of phenolic OH excluding ortho intramolecular Hbond substituents is 1. The van der Waals surface area contributed by atoms with Gasteiger partial charge in [-0.15, -0.1) is 12.4 Å². The van der Waals surface area contributed by atoms with Gasteiger partial charge in [0.05, 0.1) is 0 Å². The van der Waals surface area contributed by atoms with Crippen LogP contribution in [0, 0.1) is 0 Å². The zero-order valence-corrected chi connectivity index (χ0v) is 14.3. The van der Waals surface area contributed by atoms with Crippen molar-refractivity contribution >= 4 is 23.2 Å². The minimum atomic E-state index is 0. The van der Waals surface area contributed by atoms with Crippen molar-refractivity contribution in [3.63, 3.8) is 0 Å². The van der Waals surface area contributed by atoms with E-state index in [9.17, 15) is 5.11 Å². The number of halogens is 1. The Labute approximate surface area is 139 Å². The molecule has 2 aromatic rings. The summed E-state index contributed by atoms with van der Waals surface area (Å²) in [6.45, 7) is 6.89. The first-order chi connectivity index (χ1) is 10.2. The van der Waals surface area contributed by atoms with Gasteiger partial charge in [0.2, 0.25) is 0 Å². The summed E-state index contributed by atoms with van der Waals surface area (Å²) in [4.78, 5) is 2.65. The average Bonchev–Trinajstić information content (AvgIpc) is 2.50. The molecule has 0 amide bonds. The third-order valence-electron chi connectivity index (χ3n) is 4.64. The highest BCUT2D eigenvalue weighted by atomic mass is 35.5. The first kappa shape index (κ1) is 17.1. The lowest BCUT2D eigenvalue weighted by atomic mass is 9.84. The van der Waals surface area contributed by atoms with E-state index < -0.39 is 0 Å². The number of benzene rings is 2. The molecule has 2 nitrogen and oxygen atoms in total. The van der Waals surface area contributed by atoms with Crippen LogP contribution >= 0.6 is 12.4 Å². The van der Waals surface area contributed by atoms with E-state index in [1.165, 1.54) is 42.4 Å². The highest BCUT2D eigenvalue weighted by Gasteiger charge is 2.25. The fraction of sp³-hybridized carbons (Fsp3) is 0.474. The summed E-state index contributed by atoms with van der Waals surface area (Å²) in [6, 6.07) is 10.9. The van der Waals surface area contributed by atoms with Gasteiger partial charge in [0.25, 0.3) is 0 Å². The molecule has 3 heteroatoms. The normalized spacial score (nSPS) is 16.8. The van der Waals surface area contributed by atoms with Gasteiger partial charge in [-0.2, -0.15) is 0 Å². The maximum Gasteiger partial charge on any atom is 0.123 e. The zero-order chi connectivity index (χ0) is 14.8. The minimum Gasteiger partial charge on any atom is -0.507 e. The molecule has 1 aliphatic rings. The van der Waals surface area contributed by atoms with Crippen molar-refractivity contribution < 1.29 is 5.11 Å². The van der Waals surface area contributed by atoms with Crippen LogP contribution in [0.25, 0.3) is 10.8 Å². The molecule has 22 heavy (non-hydrogen) atoms. The van der Waals surface area contributed by atoms with Gasteiger partial charge in [-0.3, -0.25) is 4.90 Å². The lowest BCUT2D eigenvalue weighted by molar-refractivity contribution is 0.192. The third kappa shape index (κ3) is 3.09. The predicted octanol–water partition coefficient (Wildman–Crippen LogP) is 4.56. The lowest BCUT2D eigenvalue weighted by Crippen LogP contribution is -2.41. The number of aromatic hydroxyl groups is 1. The van der Waals surface area contributed by atoms with Gasteiger partial charge in [-0.05, 0) is 61.4 Å². The monoisotopic (exact) mass is 319 g/mol. The quantitative estimate of drug-likeness (QED) is 0.873. The van der Waals surface area contributed by atoms with E-state index in [-0.39, 0.29) is 12.4 Å². The van der Waals surface area contributed by atoms with E-state index in [0.717, 1.165) is 18.2 Å².